The van der Waals surface area contributed by atoms with Crippen LogP contribution in [0.1, 0.15) is 34.6 Å². The molecule has 0 bridgehead atoms. The first-order valence-corrected chi connectivity index (χ1v) is 8.78. The summed E-state index contributed by atoms with van der Waals surface area (Å²) in [5, 5.41) is 2.90. The summed E-state index contributed by atoms with van der Waals surface area (Å²) in [6.07, 6.45) is 2.07. The lowest BCUT2D eigenvalue weighted by molar-refractivity contribution is -0.153. The van der Waals surface area contributed by atoms with Gasteiger partial charge in [0.1, 0.15) is 12.1 Å². The van der Waals surface area contributed by atoms with E-state index >= 15 is 0 Å². The lowest BCUT2D eigenvalue weighted by Crippen LogP contribution is -2.66. The molecule has 0 radical (unpaired) electrons. The molecule has 0 aromatic heterocycles. The topological polar surface area (TPSA) is 49.4 Å². The van der Waals surface area contributed by atoms with Crippen molar-refractivity contribution in [2.24, 2.45) is 17.8 Å². The van der Waals surface area contributed by atoms with Gasteiger partial charge >= 0.3 is 0 Å². The smallest absolute Gasteiger partial charge is 0.246 e. The van der Waals surface area contributed by atoms with Crippen LogP contribution in [-0.4, -0.2) is 47.4 Å². The van der Waals surface area contributed by atoms with Crippen LogP contribution in [0.25, 0.3) is 0 Å². The number of hydrogen-bond donors (Lipinski definition) is 1. The Morgan fingerprint density at radius 1 is 1.15 bits per heavy atom. The molecule has 0 aromatic carbocycles. The third-order valence-corrected chi connectivity index (χ3v) is 4.61. The Morgan fingerprint density at radius 2 is 1.75 bits per heavy atom. The molecular formula is C15H28N2O2S. The molecule has 3 unspecified atom stereocenters. The quantitative estimate of drug-likeness (QED) is 0.816. The van der Waals surface area contributed by atoms with Crippen LogP contribution in [-0.2, 0) is 9.59 Å². The van der Waals surface area contributed by atoms with E-state index in [2.05, 4.69) is 18.5 Å². The van der Waals surface area contributed by atoms with Crippen LogP contribution in [0.4, 0.5) is 0 Å². The van der Waals surface area contributed by atoms with E-state index < -0.39 is 0 Å². The molecule has 1 N–H and O–H groups in total. The summed E-state index contributed by atoms with van der Waals surface area (Å²) in [6.45, 7) is 10.8. The Kier molecular flexibility index (Phi) is 6.37. The molecule has 0 aromatic rings. The van der Waals surface area contributed by atoms with Gasteiger partial charge in [-0.2, -0.15) is 11.8 Å². The van der Waals surface area contributed by atoms with Gasteiger partial charge in [-0.05, 0) is 29.8 Å². The first kappa shape index (κ1) is 17.3. The fraction of sp³-hybridized carbons (Fsp3) is 0.867. The Morgan fingerprint density at radius 3 is 2.20 bits per heavy atom. The maximum absolute atomic E-state index is 12.7. The predicted octanol–water partition coefficient (Wildman–Crippen LogP) is 1.99. The summed E-state index contributed by atoms with van der Waals surface area (Å²) in [6, 6.07) is -0.708. The van der Waals surface area contributed by atoms with E-state index in [1.807, 2.05) is 32.6 Å². The van der Waals surface area contributed by atoms with Crippen molar-refractivity contribution in [2.75, 3.05) is 18.6 Å². The molecule has 1 aliphatic heterocycles. The van der Waals surface area contributed by atoms with Crippen molar-refractivity contribution in [3.8, 4) is 0 Å². The standard InChI is InChI=1S/C15H28N2O2S/c1-9(2)12-15(19)17(7-11(5)8-20-6)13(10(3)4)14(18)16-12/h9-13H,7-8H2,1-6H3,(H,16,18). The minimum atomic E-state index is -0.376. The molecule has 5 heteroatoms. The zero-order valence-corrected chi connectivity index (χ0v) is 14.3. The second-order valence-electron chi connectivity index (χ2n) is 6.47. The van der Waals surface area contributed by atoms with Crippen molar-refractivity contribution in [1.29, 1.82) is 0 Å². The lowest BCUT2D eigenvalue weighted by atomic mass is 9.92. The Labute approximate surface area is 127 Å². The third-order valence-electron chi connectivity index (χ3n) is 3.71. The monoisotopic (exact) mass is 300 g/mol. The summed E-state index contributed by atoms with van der Waals surface area (Å²) in [7, 11) is 0. The minimum Gasteiger partial charge on any atom is -0.342 e. The average molecular weight is 300 g/mol. The molecule has 20 heavy (non-hydrogen) atoms. The zero-order valence-electron chi connectivity index (χ0n) is 13.5. The Balaban J connectivity index is 2.95. The predicted molar refractivity (Wildman–Crippen MR) is 84.7 cm³/mol. The Hall–Kier alpha value is -0.710. The second-order valence-corrected chi connectivity index (χ2v) is 7.38. The lowest BCUT2D eigenvalue weighted by Gasteiger charge is -2.43. The number of carbonyl (C=O) groups is 2. The maximum Gasteiger partial charge on any atom is 0.246 e. The number of nitrogens with one attached hydrogen (secondary N) is 1. The first-order valence-electron chi connectivity index (χ1n) is 7.39. The van der Waals surface area contributed by atoms with Crippen LogP contribution in [0.15, 0.2) is 0 Å². The zero-order chi connectivity index (χ0) is 15.4. The third kappa shape index (κ3) is 3.90. The number of rotatable bonds is 6. The second kappa shape index (κ2) is 7.34. The van der Waals surface area contributed by atoms with E-state index in [1.54, 1.807) is 11.8 Å². The molecule has 0 aliphatic carbocycles. The van der Waals surface area contributed by atoms with Gasteiger partial charge in [0, 0.05) is 6.54 Å². The van der Waals surface area contributed by atoms with Gasteiger partial charge in [-0.15, -0.1) is 0 Å². The van der Waals surface area contributed by atoms with E-state index in [-0.39, 0.29) is 35.7 Å². The Bertz CT molecular complexity index is 358. The van der Waals surface area contributed by atoms with Crippen LogP contribution in [0.5, 0.6) is 0 Å². The van der Waals surface area contributed by atoms with Gasteiger partial charge in [0.25, 0.3) is 0 Å². The maximum atomic E-state index is 12.7. The van der Waals surface area contributed by atoms with Crippen LogP contribution in [0, 0.1) is 17.8 Å². The highest BCUT2D eigenvalue weighted by Gasteiger charge is 2.43. The summed E-state index contributed by atoms with van der Waals surface area (Å²) in [5.41, 5.74) is 0. The summed E-state index contributed by atoms with van der Waals surface area (Å²) in [5.74, 6) is 1.73. The molecule has 1 rings (SSSR count). The summed E-state index contributed by atoms with van der Waals surface area (Å²) in [4.78, 5) is 26.8. The molecule has 1 saturated heterocycles. The highest BCUT2D eigenvalue weighted by Crippen LogP contribution is 2.22. The highest BCUT2D eigenvalue weighted by molar-refractivity contribution is 7.98. The van der Waals surface area contributed by atoms with Crippen LogP contribution in [0.2, 0.25) is 0 Å². The van der Waals surface area contributed by atoms with Crippen molar-refractivity contribution in [3.63, 3.8) is 0 Å². The molecule has 1 heterocycles. The fourth-order valence-electron chi connectivity index (χ4n) is 2.75. The van der Waals surface area contributed by atoms with E-state index in [0.29, 0.717) is 12.5 Å². The number of piperazine rings is 1. The van der Waals surface area contributed by atoms with E-state index in [0.717, 1.165) is 5.75 Å². The minimum absolute atomic E-state index is 0.00495. The van der Waals surface area contributed by atoms with Gasteiger partial charge in [0.05, 0.1) is 0 Å². The fourth-order valence-corrected chi connectivity index (χ4v) is 3.42. The van der Waals surface area contributed by atoms with Gasteiger partial charge in [-0.1, -0.05) is 34.6 Å². The van der Waals surface area contributed by atoms with Gasteiger partial charge in [-0.3, -0.25) is 9.59 Å². The van der Waals surface area contributed by atoms with Crippen LogP contribution < -0.4 is 5.32 Å². The SMILES string of the molecule is CSCC(C)CN1C(=O)C(C(C)C)NC(=O)C1C(C)C. The number of thioether (sulfide) groups is 1. The van der Waals surface area contributed by atoms with Crippen molar-refractivity contribution in [2.45, 2.75) is 46.7 Å². The number of hydrogen-bond acceptors (Lipinski definition) is 3. The molecule has 0 saturated carbocycles. The number of carbonyl (C=O) groups excluding carboxylic acids is 2. The number of nitrogens with zero attached hydrogens (tertiary/aromatic N) is 1. The van der Waals surface area contributed by atoms with E-state index in [1.165, 1.54) is 0 Å². The van der Waals surface area contributed by atoms with Crippen molar-refractivity contribution >= 4 is 23.6 Å². The summed E-state index contributed by atoms with van der Waals surface area (Å²) >= 11 is 1.78. The largest absolute Gasteiger partial charge is 0.342 e. The molecule has 3 atom stereocenters. The van der Waals surface area contributed by atoms with Gasteiger partial charge in [-0.25, -0.2) is 0 Å². The molecule has 1 aliphatic rings. The average Bonchev–Trinajstić information content (AvgIpc) is 2.32. The first-order chi connectivity index (χ1) is 9.29. The molecular weight excluding hydrogens is 272 g/mol. The van der Waals surface area contributed by atoms with Gasteiger partial charge in [0.15, 0.2) is 0 Å². The van der Waals surface area contributed by atoms with Crippen molar-refractivity contribution in [1.82, 2.24) is 10.2 Å². The molecule has 1 fully saturated rings. The van der Waals surface area contributed by atoms with Crippen molar-refractivity contribution < 1.29 is 9.59 Å². The molecule has 4 nitrogen and oxygen atoms in total. The van der Waals surface area contributed by atoms with E-state index in [4.69, 9.17) is 0 Å². The van der Waals surface area contributed by atoms with E-state index in [9.17, 15) is 9.59 Å². The molecule has 2 amide bonds. The van der Waals surface area contributed by atoms with Crippen molar-refractivity contribution in [3.05, 3.63) is 0 Å². The van der Waals surface area contributed by atoms with Gasteiger partial charge in [0.2, 0.25) is 11.8 Å². The molecule has 116 valence electrons. The normalized spacial score (nSPS) is 25.3. The van der Waals surface area contributed by atoms with Crippen LogP contribution in [0.3, 0.4) is 0 Å². The number of amides is 2. The summed E-state index contributed by atoms with van der Waals surface area (Å²) < 4.78 is 0. The van der Waals surface area contributed by atoms with Crippen LogP contribution >= 0.6 is 11.8 Å². The highest BCUT2D eigenvalue weighted by atomic mass is 32.2. The molecule has 0 spiro atoms. The van der Waals surface area contributed by atoms with Gasteiger partial charge < -0.3 is 10.2 Å².